The maximum atomic E-state index is 4.80. The van der Waals surface area contributed by atoms with Gasteiger partial charge in [0.25, 0.3) is 0 Å². The van der Waals surface area contributed by atoms with Gasteiger partial charge >= 0.3 is 0 Å². The number of rotatable bonds is 9. The predicted octanol–water partition coefficient (Wildman–Crippen LogP) is 4.29. The van der Waals surface area contributed by atoms with Gasteiger partial charge in [-0.25, -0.2) is 0 Å². The normalized spacial score (nSPS) is 12.7. The zero-order valence-corrected chi connectivity index (χ0v) is 14.0. The first-order valence-corrected chi connectivity index (χ1v) is 9.14. The number of fused-ring (bicyclic) bond motifs is 1. The zero-order valence-electron chi connectivity index (χ0n) is 13.1. The summed E-state index contributed by atoms with van der Waals surface area (Å²) >= 11 is 2.04. The Balaban J connectivity index is 2.01. The van der Waals surface area contributed by atoms with Crippen LogP contribution in [0.1, 0.15) is 32.4 Å². The van der Waals surface area contributed by atoms with Gasteiger partial charge < -0.3 is 5.32 Å². The first kappa shape index (κ1) is 16.3. The molecule has 0 aliphatic carbocycles. The molecule has 2 nitrogen and oxygen atoms in total. The van der Waals surface area contributed by atoms with Crippen molar-refractivity contribution in [1.29, 1.82) is 0 Å². The van der Waals surface area contributed by atoms with Crippen LogP contribution >= 0.6 is 11.8 Å². The molecular formula is C18H26N2S. The van der Waals surface area contributed by atoms with E-state index in [4.69, 9.17) is 4.98 Å². The number of para-hydroxylation sites is 1. The standard InChI is InChI=1S/C18H26N2S/c1-3-11-19-17(14-21-12-4-2)13-16-10-9-15-7-5-6-8-18(15)20-16/h5-10,17,19H,3-4,11-14H2,1-2H3. The summed E-state index contributed by atoms with van der Waals surface area (Å²) in [5.74, 6) is 2.41. The second kappa shape index (κ2) is 9.06. The fourth-order valence-electron chi connectivity index (χ4n) is 2.38. The summed E-state index contributed by atoms with van der Waals surface area (Å²) in [4.78, 5) is 4.80. The molecule has 2 aromatic rings. The number of aromatic nitrogens is 1. The van der Waals surface area contributed by atoms with Gasteiger partial charge in [0.05, 0.1) is 5.52 Å². The van der Waals surface area contributed by atoms with E-state index >= 15 is 0 Å². The van der Waals surface area contributed by atoms with Crippen LogP contribution < -0.4 is 5.32 Å². The maximum absolute atomic E-state index is 4.80. The van der Waals surface area contributed by atoms with Crippen molar-refractivity contribution in [2.75, 3.05) is 18.1 Å². The van der Waals surface area contributed by atoms with E-state index in [1.54, 1.807) is 0 Å². The first-order chi connectivity index (χ1) is 10.3. The molecule has 0 amide bonds. The quantitative estimate of drug-likeness (QED) is 0.700. The summed E-state index contributed by atoms with van der Waals surface area (Å²) in [6.07, 6.45) is 3.45. The Morgan fingerprint density at radius 1 is 1.10 bits per heavy atom. The van der Waals surface area contributed by atoms with Crippen LogP contribution in [0.2, 0.25) is 0 Å². The zero-order chi connectivity index (χ0) is 14.9. The molecule has 114 valence electrons. The van der Waals surface area contributed by atoms with Crippen molar-refractivity contribution in [3.8, 4) is 0 Å². The van der Waals surface area contributed by atoms with Crippen molar-refractivity contribution >= 4 is 22.7 Å². The molecule has 3 heteroatoms. The molecule has 1 aromatic carbocycles. The Morgan fingerprint density at radius 2 is 1.95 bits per heavy atom. The summed E-state index contributed by atoms with van der Waals surface area (Å²) in [5, 5.41) is 4.89. The minimum absolute atomic E-state index is 0.523. The topological polar surface area (TPSA) is 24.9 Å². The Hall–Kier alpha value is -1.06. The average Bonchev–Trinajstić information content (AvgIpc) is 2.52. The average molecular weight is 302 g/mol. The lowest BCUT2D eigenvalue weighted by molar-refractivity contribution is 0.546. The van der Waals surface area contributed by atoms with Crippen molar-refractivity contribution < 1.29 is 0 Å². The van der Waals surface area contributed by atoms with Crippen molar-refractivity contribution in [2.45, 2.75) is 39.2 Å². The van der Waals surface area contributed by atoms with Crippen LogP contribution in [0, 0.1) is 0 Å². The minimum atomic E-state index is 0.523. The van der Waals surface area contributed by atoms with Crippen LogP contribution in [0.5, 0.6) is 0 Å². The lowest BCUT2D eigenvalue weighted by Gasteiger charge is -2.18. The molecule has 0 saturated carbocycles. The second-order valence-corrected chi connectivity index (χ2v) is 6.58. The Labute approximate surface area is 132 Å². The Kier molecular flexibility index (Phi) is 7.04. The van der Waals surface area contributed by atoms with Crippen molar-refractivity contribution in [3.63, 3.8) is 0 Å². The lowest BCUT2D eigenvalue weighted by atomic mass is 10.1. The number of nitrogens with one attached hydrogen (secondary N) is 1. The molecule has 1 unspecified atom stereocenters. The van der Waals surface area contributed by atoms with Gasteiger partial charge in [0, 0.05) is 29.3 Å². The molecule has 0 saturated heterocycles. The predicted molar refractivity (Wildman–Crippen MR) is 95.1 cm³/mol. The summed E-state index contributed by atoms with van der Waals surface area (Å²) < 4.78 is 0. The van der Waals surface area contributed by atoms with Gasteiger partial charge in [-0.2, -0.15) is 11.8 Å². The third-order valence-corrected chi connectivity index (χ3v) is 4.80. The van der Waals surface area contributed by atoms with Crippen molar-refractivity contribution in [3.05, 3.63) is 42.1 Å². The van der Waals surface area contributed by atoms with E-state index in [1.807, 2.05) is 11.8 Å². The molecule has 0 aliphatic heterocycles. The van der Waals surface area contributed by atoms with E-state index in [0.717, 1.165) is 18.5 Å². The third kappa shape index (κ3) is 5.33. The third-order valence-electron chi connectivity index (χ3n) is 3.46. The van der Waals surface area contributed by atoms with E-state index in [-0.39, 0.29) is 0 Å². The monoisotopic (exact) mass is 302 g/mol. The lowest BCUT2D eigenvalue weighted by Crippen LogP contribution is -2.34. The van der Waals surface area contributed by atoms with E-state index < -0.39 is 0 Å². The SMILES string of the molecule is CCCNC(CSCCC)Cc1ccc2ccccc2n1. The molecule has 0 spiro atoms. The minimum Gasteiger partial charge on any atom is -0.313 e. The van der Waals surface area contributed by atoms with E-state index in [2.05, 4.69) is 55.6 Å². The molecule has 1 heterocycles. The number of hydrogen-bond donors (Lipinski definition) is 1. The molecule has 0 fully saturated rings. The van der Waals surface area contributed by atoms with Crippen molar-refractivity contribution in [2.24, 2.45) is 0 Å². The highest BCUT2D eigenvalue weighted by molar-refractivity contribution is 7.99. The number of thioether (sulfide) groups is 1. The molecule has 1 N–H and O–H groups in total. The van der Waals surface area contributed by atoms with Gasteiger partial charge in [-0.1, -0.05) is 38.1 Å². The van der Waals surface area contributed by atoms with Crippen molar-refractivity contribution in [1.82, 2.24) is 10.3 Å². The van der Waals surface area contributed by atoms with Crippen LogP contribution in [0.4, 0.5) is 0 Å². The second-order valence-electron chi connectivity index (χ2n) is 5.43. The van der Waals surface area contributed by atoms with Gasteiger partial charge in [0.15, 0.2) is 0 Å². The smallest absolute Gasteiger partial charge is 0.0705 e. The summed E-state index contributed by atoms with van der Waals surface area (Å²) in [7, 11) is 0. The molecule has 1 atom stereocenters. The van der Waals surface area contributed by atoms with Gasteiger partial charge in [0.1, 0.15) is 0 Å². The van der Waals surface area contributed by atoms with E-state index in [9.17, 15) is 0 Å². The highest BCUT2D eigenvalue weighted by Crippen LogP contribution is 2.14. The van der Waals surface area contributed by atoms with Gasteiger partial charge in [-0.15, -0.1) is 0 Å². The molecular weight excluding hydrogens is 276 g/mol. The van der Waals surface area contributed by atoms with E-state index in [0.29, 0.717) is 6.04 Å². The highest BCUT2D eigenvalue weighted by atomic mass is 32.2. The number of pyridine rings is 1. The molecule has 0 aliphatic rings. The Bertz CT molecular complexity index is 541. The number of hydrogen-bond acceptors (Lipinski definition) is 3. The van der Waals surface area contributed by atoms with Crippen LogP contribution in [-0.4, -0.2) is 29.1 Å². The largest absolute Gasteiger partial charge is 0.313 e. The Morgan fingerprint density at radius 3 is 2.76 bits per heavy atom. The van der Waals surface area contributed by atoms with Crippen LogP contribution in [0.25, 0.3) is 10.9 Å². The van der Waals surface area contributed by atoms with Crippen LogP contribution in [0.15, 0.2) is 36.4 Å². The molecule has 2 rings (SSSR count). The summed E-state index contributed by atoms with van der Waals surface area (Å²) in [6, 6.07) is 13.2. The van der Waals surface area contributed by atoms with Gasteiger partial charge in [-0.05, 0) is 37.3 Å². The number of nitrogens with zero attached hydrogens (tertiary/aromatic N) is 1. The molecule has 0 radical (unpaired) electrons. The fraction of sp³-hybridized carbons (Fsp3) is 0.500. The van der Waals surface area contributed by atoms with Gasteiger partial charge in [-0.3, -0.25) is 4.98 Å². The summed E-state index contributed by atoms with van der Waals surface area (Å²) in [5.41, 5.74) is 2.30. The highest BCUT2D eigenvalue weighted by Gasteiger charge is 2.10. The van der Waals surface area contributed by atoms with Crippen LogP contribution in [0.3, 0.4) is 0 Å². The van der Waals surface area contributed by atoms with Crippen LogP contribution in [-0.2, 0) is 6.42 Å². The summed E-state index contributed by atoms with van der Waals surface area (Å²) in [6.45, 7) is 5.55. The molecule has 1 aromatic heterocycles. The first-order valence-electron chi connectivity index (χ1n) is 7.99. The molecule has 0 bridgehead atoms. The van der Waals surface area contributed by atoms with Gasteiger partial charge in [0.2, 0.25) is 0 Å². The fourth-order valence-corrected chi connectivity index (χ4v) is 3.36. The maximum Gasteiger partial charge on any atom is 0.0705 e. The number of benzene rings is 1. The molecule has 21 heavy (non-hydrogen) atoms. The van der Waals surface area contributed by atoms with E-state index in [1.165, 1.54) is 35.4 Å².